The average molecular weight is 268 g/mol. The van der Waals surface area contributed by atoms with Crippen molar-refractivity contribution in [2.24, 2.45) is 0 Å². The number of fused-ring (bicyclic) bond motifs is 1. The maximum atomic E-state index is 12.1. The van der Waals surface area contributed by atoms with Gasteiger partial charge in [-0.1, -0.05) is 0 Å². The van der Waals surface area contributed by atoms with Crippen LogP contribution in [0.25, 0.3) is 22.3 Å². The largest absolute Gasteiger partial charge is 0.508 e. The molecule has 0 fully saturated rings. The molecule has 2 aromatic carbocycles. The van der Waals surface area contributed by atoms with Crippen LogP contribution >= 0.6 is 0 Å². The van der Waals surface area contributed by atoms with Crippen molar-refractivity contribution >= 4 is 22.3 Å². The lowest BCUT2D eigenvalue weighted by Crippen LogP contribution is -2.02. The quantitative estimate of drug-likeness (QED) is 0.588. The van der Waals surface area contributed by atoms with Crippen LogP contribution in [0.4, 0.5) is 11.4 Å². The van der Waals surface area contributed by atoms with Crippen LogP contribution in [0.15, 0.2) is 51.7 Å². The summed E-state index contributed by atoms with van der Waals surface area (Å²) >= 11 is 0. The number of hydrogen-bond acceptors (Lipinski definition) is 5. The Morgan fingerprint density at radius 1 is 1.00 bits per heavy atom. The van der Waals surface area contributed by atoms with Gasteiger partial charge in [-0.3, -0.25) is 4.79 Å². The number of benzene rings is 2. The van der Waals surface area contributed by atoms with Crippen molar-refractivity contribution in [1.29, 1.82) is 0 Å². The van der Waals surface area contributed by atoms with Gasteiger partial charge in [0.25, 0.3) is 0 Å². The van der Waals surface area contributed by atoms with Gasteiger partial charge in [0, 0.05) is 23.4 Å². The minimum atomic E-state index is -0.263. The predicted octanol–water partition coefficient (Wildman–Crippen LogP) is 2.33. The maximum Gasteiger partial charge on any atom is 0.193 e. The molecule has 1 aromatic heterocycles. The second kappa shape index (κ2) is 4.31. The fourth-order valence-electron chi connectivity index (χ4n) is 2.06. The molecule has 0 radical (unpaired) electrons. The summed E-state index contributed by atoms with van der Waals surface area (Å²) < 4.78 is 5.68. The molecule has 3 rings (SSSR count). The molecule has 0 aliphatic carbocycles. The molecule has 5 nitrogen and oxygen atoms in total. The van der Waals surface area contributed by atoms with E-state index in [9.17, 15) is 9.90 Å². The van der Waals surface area contributed by atoms with Gasteiger partial charge in [-0.25, -0.2) is 0 Å². The van der Waals surface area contributed by atoms with Crippen molar-refractivity contribution in [2.45, 2.75) is 0 Å². The zero-order valence-corrected chi connectivity index (χ0v) is 10.5. The number of phenols is 1. The summed E-state index contributed by atoms with van der Waals surface area (Å²) in [6.45, 7) is 0. The topological polar surface area (TPSA) is 102 Å². The van der Waals surface area contributed by atoms with Gasteiger partial charge in [-0.2, -0.15) is 0 Å². The fraction of sp³-hybridized carbons (Fsp3) is 0. The first-order chi connectivity index (χ1) is 9.54. The third-order valence-electron chi connectivity index (χ3n) is 3.04. The van der Waals surface area contributed by atoms with E-state index in [0.29, 0.717) is 11.4 Å². The molecule has 0 amide bonds. The molecule has 0 saturated heterocycles. The first kappa shape index (κ1) is 12.1. The molecule has 0 unspecified atom stereocenters. The Hall–Kier alpha value is -2.95. The summed E-state index contributed by atoms with van der Waals surface area (Å²) in [5, 5.41) is 9.73. The van der Waals surface area contributed by atoms with Gasteiger partial charge in [0.2, 0.25) is 0 Å². The normalized spacial score (nSPS) is 10.8. The minimum Gasteiger partial charge on any atom is -0.508 e. The number of hydrogen-bond donors (Lipinski definition) is 3. The lowest BCUT2D eigenvalue weighted by atomic mass is 10.1. The number of rotatable bonds is 1. The second-order valence-electron chi connectivity index (χ2n) is 4.51. The van der Waals surface area contributed by atoms with Crippen molar-refractivity contribution in [3.63, 3.8) is 0 Å². The summed E-state index contributed by atoms with van der Waals surface area (Å²) in [5.74, 6) is 0.336. The number of aromatic hydroxyl groups is 1. The van der Waals surface area contributed by atoms with Gasteiger partial charge < -0.3 is 21.0 Å². The van der Waals surface area contributed by atoms with E-state index in [1.807, 2.05) is 0 Å². The van der Waals surface area contributed by atoms with Crippen LogP contribution in [0.3, 0.4) is 0 Å². The molecule has 0 aliphatic heterocycles. The van der Waals surface area contributed by atoms with Crippen LogP contribution in [0, 0.1) is 0 Å². The molecule has 0 saturated carbocycles. The van der Waals surface area contributed by atoms with E-state index in [1.54, 1.807) is 24.3 Å². The minimum absolute atomic E-state index is 0.0671. The van der Waals surface area contributed by atoms with E-state index >= 15 is 0 Å². The highest BCUT2D eigenvalue weighted by atomic mass is 16.3. The Morgan fingerprint density at radius 3 is 2.40 bits per heavy atom. The molecule has 100 valence electrons. The zero-order valence-electron chi connectivity index (χ0n) is 10.5. The Labute approximate surface area is 114 Å². The number of phenolic OH excluding ortho intramolecular Hbond substituents is 1. The van der Waals surface area contributed by atoms with Crippen molar-refractivity contribution in [3.05, 3.63) is 52.7 Å². The van der Waals surface area contributed by atoms with E-state index in [0.717, 1.165) is 5.56 Å². The third kappa shape index (κ3) is 1.95. The van der Waals surface area contributed by atoms with Crippen LogP contribution < -0.4 is 16.9 Å². The molecule has 1 heterocycles. The van der Waals surface area contributed by atoms with Gasteiger partial charge in [0.1, 0.15) is 11.5 Å². The lowest BCUT2D eigenvalue weighted by molar-refractivity contribution is 0.476. The summed E-state index contributed by atoms with van der Waals surface area (Å²) in [6.07, 6.45) is 0. The van der Waals surface area contributed by atoms with Gasteiger partial charge in [0.05, 0.1) is 11.1 Å². The SMILES string of the molecule is Nc1ccc(-c2cc(=O)c3cc(O)cc(N)c3o2)cc1. The molecule has 0 bridgehead atoms. The summed E-state index contributed by atoms with van der Waals surface area (Å²) in [6, 6.07) is 11.0. The summed E-state index contributed by atoms with van der Waals surface area (Å²) in [4.78, 5) is 12.1. The first-order valence-corrected chi connectivity index (χ1v) is 5.97. The molecular weight excluding hydrogens is 256 g/mol. The lowest BCUT2D eigenvalue weighted by Gasteiger charge is -2.06. The Kier molecular flexibility index (Phi) is 2.61. The number of nitrogens with two attached hydrogens (primary N) is 2. The molecule has 3 aromatic rings. The number of anilines is 2. The molecular formula is C15H12N2O3. The van der Waals surface area contributed by atoms with Crippen LogP contribution in [-0.2, 0) is 0 Å². The van der Waals surface area contributed by atoms with E-state index in [4.69, 9.17) is 15.9 Å². The van der Waals surface area contributed by atoms with E-state index in [1.165, 1.54) is 18.2 Å². The summed E-state index contributed by atoms with van der Waals surface area (Å²) in [7, 11) is 0. The van der Waals surface area contributed by atoms with E-state index in [2.05, 4.69) is 0 Å². The highest BCUT2D eigenvalue weighted by molar-refractivity contribution is 5.90. The molecule has 0 atom stereocenters. The van der Waals surface area contributed by atoms with Crippen molar-refractivity contribution < 1.29 is 9.52 Å². The van der Waals surface area contributed by atoms with E-state index in [-0.39, 0.29) is 27.8 Å². The third-order valence-corrected chi connectivity index (χ3v) is 3.04. The average Bonchev–Trinajstić information content (AvgIpc) is 2.40. The van der Waals surface area contributed by atoms with Gasteiger partial charge in [0.15, 0.2) is 11.0 Å². The van der Waals surface area contributed by atoms with Crippen LogP contribution in [0.2, 0.25) is 0 Å². The van der Waals surface area contributed by atoms with Crippen molar-refractivity contribution in [1.82, 2.24) is 0 Å². The second-order valence-corrected chi connectivity index (χ2v) is 4.51. The molecule has 5 N–H and O–H groups in total. The van der Waals surface area contributed by atoms with Crippen LogP contribution in [0.5, 0.6) is 5.75 Å². The highest BCUT2D eigenvalue weighted by Crippen LogP contribution is 2.28. The van der Waals surface area contributed by atoms with Crippen LogP contribution in [-0.4, -0.2) is 5.11 Å². The summed E-state index contributed by atoms with van der Waals surface area (Å²) in [5.41, 5.74) is 13.0. The van der Waals surface area contributed by atoms with Gasteiger partial charge in [-0.15, -0.1) is 0 Å². The standard InChI is InChI=1S/C15H12N2O3/c16-9-3-1-8(2-4-9)14-7-13(19)11-5-10(18)6-12(17)15(11)20-14/h1-7,18H,16-17H2. The van der Waals surface area contributed by atoms with Crippen molar-refractivity contribution in [3.8, 4) is 17.1 Å². The monoisotopic (exact) mass is 268 g/mol. The molecule has 5 heteroatoms. The maximum absolute atomic E-state index is 12.1. The molecule has 0 spiro atoms. The van der Waals surface area contributed by atoms with Gasteiger partial charge in [-0.05, 0) is 30.3 Å². The molecule has 20 heavy (non-hydrogen) atoms. The Morgan fingerprint density at radius 2 is 1.70 bits per heavy atom. The fourth-order valence-corrected chi connectivity index (χ4v) is 2.06. The smallest absolute Gasteiger partial charge is 0.193 e. The first-order valence-electron chi connectivity index (χ1n) is 5.97. The number of nitrogen functional groups attached to an aromatic ring is 2. The zero-order chi connectivity index (χ0) is 14.3. The van der Waals surface area contributed by atoms with Crippen molar-refractivity contribution in [2.75, 3.05) is 11.5 Å². The Bertz CT molecular complexity index is 851. The van der Waals surface area contributed by atoms with Crippen LogP contribution in [0.1, 0.15) is 0 Å². The highest BCUT2D eigenvalue weighted by Gasteiger charge is 2.10. The van der Waals surface area contributed by atoms with Gasteiger partial charge >= 0.3 is 0 Å². The predicted molar refractivity (Wildman–Crippen MR) is 78.4 cm³/mol. The Balaban J connectivity index is 2.29. The van der Waals surface area contributed by atoms with E-state index < -0.39 is 0 Å². The molecule has 0 aliphatic rings.